The first kappa shape index (κ1) is 7.42. The second kappa shape index (κ2) is 2.67. The van der Waals surface area contributed by atoms with Crippen molar-refractivity contribution in [1.82, 2.24) is 20.0 Å². The van der Waals surface area contributed by atoms with Crippen molar-refractivity contribution in [1.29, 1.82) is 0 Å². The minimum absolute atomic E-state index is 0.874. The number of aromatic nitrogens is 4. The highest BCUT2D eigenvalue weighted by Crippen LogP contribution is 2.18. The van der Waals surface area contributed by atoms with Crippen molar-refractivity contribution in [3.63, 3.8) is 0 Å². The van der Waals surface area contributed by atoms with Gasteiger partial charge in [0.2, 0.25) is 0 Å². The SMILES string of the molecule is Cc1cc(-c2nncs2)nn1C. The molecule has 4 nitrogen and oxygen atoms in total. The van der Waals surface area contributed by atoms with Crippen LogP contribution in [0.4, 0.5) is 0 Å². The van der Waals surface area contributed by atoms with Crippen LogP contribution in [0.25, 0.3) is 10.7 Å². The lowest BCUT2D eigenvalue weighted by Gasteiger charge is -1.88. The Morgan fingerprint density at radius 2 is 2.33 bits per heavy atom. The first-order chi connectivity index (χ1) is 5.77. The molecule has 0 spiro atoms. The molecule has 2 heterocycles. The molecule has 2 aromatic heterocycles. The van der Waals surface area contributed by atoms with E-state index >= 15 is 0 Å². The Kier molecular flexibility index (Phi) is 1.65. The van der Waals surface area contributed by atoms with Crippen molar-refractivity contribution in [3.05, 3.63) is 17.3 Å². The quantitative estimate of drug-likeness (QED) is 0.663. The summed E-state index contributed by atoms with van der Waals surface area (Å²) in [5.74, 6) is 0. The normalized spacial score (nSPS) is 10.5. The summed E-state index contributed by atoms with van der Waals surface area (Å²) in [5, 5.41) is 12.8. The van der Waals surface area contributed by atoms with Crippen LogP contribution < -0.4 is 0 Å². The van der Waals surface area contributed by atoms with E-state index in [1.807, 2.05) is 24.7 Å². The molecule has 0 bridgehead atoms. The molecule has 0 aliphatic rings. The van der Waals surface area contributed by atoms with Crippen LogP contribution in [0, 0.1) is 6.92 Å². The van der Waals surface area contributed by atoms with E-state index in [0.29, 0.717) is 0 Å². The molecule has 0 radical (unpaired) electrons. The van der Waals surface area contributed by atoms with Crippen LogP contribution in [0.3, 0.4) is 0 Å². The van der Waals surface area contributed by atoms with Crippen molar-refractivity contribution < 1.29 is 0 Å². The van der Waals surface area contributed by atoms with Crippen LogP contribution in [-0.4, -0.2) is 20.0 Å². The Morgan fingerprint density at radius 1 is 1.50 bits per heavy atom. The highest BCUT2D eigenvalue weighted by atomic mass is 32.1. The topological polar surface area (TPSA) is 43.6 Å². The standard InChI is InChI=1S/C7H8N4S/c1-5-3-6(10-11(5)2)7-9-8-4-12-7/h3-4H,1-2H3. The smallest absolute Gasteiger partial charge is 0.167 e. The molecule has 0 amide bonds. The summed E-state index contributed by atoms with van der Waals surface area (Å²) < 4.78 is 1.83. The summed E-state index contributed by atoms with van der Waals surface area (Å²) in [6.45, 7) is 2.01. The molecule has 12 heavy (non-hydrogen) atoms. The van der Waals surface area contributed by atoms with Crippen LogP contribution in [-0.2, 0) is 7.05 Å². The van der Waals surface area contributed by atoms with Crippen LogP contribution >= 0.6 is 11.3 Å². The zero-order valence-corrected chi connectivity index (χ0v) is 7.67. The third-order valence-corrected chi connectivity index (χ3v) is 2.41. The lowest BCUT2D eigenvalue weighted by atomic mass is 10.4. The predicted octanol–water partition coefficient (Wildman–Crippen LogP) is 1.25. The molecule has 5 heteroatoms. The Labute approximate surface area is 73.9 Å². The maximum atomic E-state index is 4.28. The van der Waals surface area contributed by atoms with Gasteiger partial charge in [-0.25, -0.2) is 0 Å². The predicted molar refractivity (Wildman–Crippen MR) is 46.8 cm³/mol. The zero-order valence-electron chi connectivity index (χ0n) is 6.85. The Morgan fingerprint density at radius 3 is 2.83 bits per heavy atom. The monoisotopic (exact) mass is 180 g/mol. The van der Waals surface area contributed by atoms with Gasteiger partial charge in [-0.1, -0.05) is 11.3 Å². The van der Waals surface area contributed by atoms with E-state index in [1.54, 1.807) is 5.51 Å². The molecule has 0 fully saturated rings. The van der Waals surface area contributed by atoms with Gasteiger partial charge >= 0.3 is 0 Å². The van der Waals surface area contributed by atoms with Gasteiger partial charge < -0.3 is 0 Å². The summed E-state index contributed by atoms with van der Waals surface area (Å²) in [7, 11) is 1.92. The third-order valence-electron chi connectivity index (χ3n) is 1.69. The largest absolute Gasteiger partial charge is 0.272 e. The lowest BCUT2D eigenvalue weighted by Crippen LogP contribution is -1.92. The first-order valence-corrected chi connectivity index (χ1v) is 4.42. The van der Waals surface area contributed by atoms with Gasteiger partial charge in [-0.15, -0.1) is 10.2 Å². The summed E-state index contributed by atoms with van der Waals surface area (Å²) in [5.41, 5.74) is 3.73. The molecule has 0 aliphatic carbocycles. The minimum Gasteiger partial charge on any atom is -0.272 e. The van der Waals surface area contributed by atoms with Gasteiger partial charge in [-0.3, -0.25) is 4.68 Å². The van der Waals surface area contributed by atoms with E-state index in [0.717, 1.165) is 16.4 Å². The van der Waals surface area contributed by atoms with Gasteiger partial charge in [-0.05, 0) is 13.0 Å². The number of hydrogen-bond donors (Lipinski definition) is 0. The fraction of sp³-hybridized carbons (Fsp3) is 0.286. The molecule has 0 aromatic carbocycles. The zero-order chi connectivity index (χ0) is 8.55. The molecule has 0 unspecified atom stereocenters. The maximum absolute atomic E-state index is 4.28. The third kappa shape index (κ3) is 1.12. The van der Waals surface area contributed by atoms with E-state index < -0.39 is 0 Å². The van der Waals surface area contributed by atoms with E-state index in [1.165, 1.54) is 11.3 Å². The molecule has 2 rings (SSSR count). The van der Waals surface area contributed by atoms with Gasteiger partial charge in [-0.2, -0.15) is 5.10 Å². The molecule has 0 atom stereocenters. The van der Waals surface area contributed by atoms with E-state index in [4.69, 9.17) is 0 Å². The molecule has 0 aliphatic heterocycles. The number of hydrogen-bond acceptors (Lipinski definition) is 4. The van der Waals surface area contributed by atoms with Gasteiger partial charge in [0.25, 0.3) is 0 Å². The summed E-state index contributed by atoms with van der Waals surface area (Å²) >= 11 is 1.50. The molecule has 0 N–H and O–H groups in total. The van der Waals surface area contributed by atoms with E-state index in [2.05, 4.69) is 15.3 Å². The fourth-order valence-corrected chi connectivity index (χ4v) is 1.46. The van der Waals surface area contributed by atoms with Crippen molar-refractivity contribution in [3.8, 4) is 10.7 Å². The molecular formula is C7H8N4S. The summed E-state index contributed by atoms with van der Waals surface area (Å²) in [6, 6.07) is 2.00. The van der Waals surface area contributed by atoms with Crippen molar-refractivity contribution in [2.45, 2.75) is 6.92 Å². The highest BCUT2D eigenvalue weighted by molar-refractivity contribution is 7.12. The second-order valence-electron chi connectivity index (χ2n) is 2.54. The second-order valence-corrected chi connectivity index (χ2v) is 3.37. The molecule has 62 valence electrons. The van der Waals surface area contributed by atoms with Gasteiger partial charge in [0, 0.05) is 12.7 Å². The van der Waals surface area contributed by atoms with Crippen molar-refractivity contribution >= 4 is 11.3 Å². The van der Waals surface area contributed by atoms with Crippen LogP contribution in [0.1, 0.15) is 5.69 Å². The molecular weight excluding hydrogens is 172 g/mol. The van der Waals surface area contributed by atoms with E-state index in [-0.39, 0.29) is 0 Å². The Hall–Kier alpha value is -1.23. The Balaban J connectivity index is 2.48. The van der Waals surface area contributed by atoms with Crippen LogP contribution in [0.15, 0.2) is 11.6 Å². The van der Waals surface area contributed by atoms with Crippen LogP contribution in [0.5, 0.6) is 0 Å². The van der Waals surface area contributed by atoms with Crippen LogP contribution in [0.2, 0.25) is 0 Å². The average Bonchev–Trinajstić information content (AvgIpc) is 2.61. The molecule has 0 saturated carbocycles. The first-order valence-electron chi connectivity index (χ1n) is 3.54. The average molecular weight is 180 g/mol. The van der Waals surface area contributed by atoms with E-state index in [9.17, 15) is 0 Å². The number of aryl methyl sites for hydroxylation is 2. The van der Waals surface area contributed by atoms with Crippen molar-refractivity contribution in [2.24, 2.45) is 7.05 Å². The highest BCUT2D eigenvalue weighted by Gasteiger charge is 2.06. The number of rotatable bonds is 1. The molecule has 0 saturated heterocycles. The lowest BCUT2D eigenvalue weighted by molar-refractivity contribution is 0.742. The maximum Gasteiger partial charge on any atom is 0.167 e. The summed E-state index contributed by atoms with van der Waals surface area (Å²) in [4.78, 5) is 0. The fourth-order valence-electron chi connectivity index (χ4n) is 0.950. The number of nitrogens with zero attached hydrogens (tertiary/aromatic N) is 4. The van der Waals surface area contributed by atoms with Gasteiger partial charge in [0.15, 0.2) is 5.01 Å². The summed E-state index contributed by atoms with van der Waals surface area (Å²) in [6.07, 6.45) is 0. The minimum atomic E-state index is 0.874. The molecule has 2 aromatic rings. The Bertz CT molecular complexity index is 357. The van der Waals surface area contributed by atoms with Gasteiger partial charge in [0.1, 0.15) is 11.2 Å². The van der Waals surface area contributed by atoms with Crippen molar-refractivity contribution in [2.75, 3.05) is 0 Å². The van der Waals surface area contributed by atoms with Gasteiger partial charge in [0.05, 0.1) is 0 Å².